The number of benzene rings is 4. The Labute approximate surface area is 216 Å². The van der Waals surface area contributed by atoms with Gasteiger partial charge in [0.15, 0.2) is 0 Å². The van der Waals surface area contributed by atoms with Gasteiger partial charge in [-0.25, -0.2) is 9.88 Å². The topological polar surface area (TPSA) is 50.3 Å². The van der Waals surface area contributed by atoms with E-state index in [-0.39, 0.29) is 11.8 Å². The number of rotatable bonds is 6. The average Bonchev–Trinajstić information content (AvgIpc) is 3.23. The standard InChI is InChI=1S/C32H24N2O2P/c35-31-28-20-10-11-21-29(28)32(36)34(31)30-22-12-13-24(33-30)23-37(25-14-4-1-5-15-25,26-16-6-2-7-17-26)27-18-8-3-9-19-27/h1-22H,23H2/q+1. The first kappa shape index (κ1) is 23.0. The quantitative estimate of drug-likeness (QED) is 0.233. The summed E-state index contributed by atoms with van der Waals surface area (Å²) >= 11 is 0. The van der Waals surface area contributed by atoms with Crippen molar-refractivity contribution in [1.82, 2.24) is 4.98 Å². The summed E-state index contributed by atoms with van der Waals surface area (Å²) in [5.74, 6) is -0.308. The molecule has 178 valence electrons. The molecule has 1 aliphatic heterocycles. The van der Waals surface area contributed by atoms with Crippen LogP contribution in [0.25, 0.3) is 0 Å². The Bertz CT molecular complexity index is 1460. The van der Waals surface area contributed by atoms with Gasteiger partial charge in [0.05, 0.1) is 16.8 Å². The van der Waals surface area contributed by atoms with E-state index in [9.17, 15) is 9.59 Å². The van der Waals surface area contributed by atoms with Crippen LogP contribution in [0, 0.1) is 0 Å². The van der Waals surface area contributed by atoms with Crippen LogP contribution < -0.4 is 20.8 Å². The molecule has 2 heterocycles. The number of anilines is 1. The number of carbonyl (C=O) groups excluding carboxylic acids is 2. The fourth-order valence-electron chi connectivity index (χ4n) is 5.09. The number of hydrogen-bond acceptors (Lipinski definition) is 3. The van der Waals surface area contributed by atoms with Crippen LogP contribution in [-0.2, 0) is 6.16 Å². The molecule has 0 aliphatic carbocycles. The van der Waals surface area contributed by atoms with Gasteiger partial charge in [0.2, 0.25) is 0 Å². The van der Waals surface area contributed by atoms with Crippen LogP contribution in [0.4, 0.5) is 5.82 Å². The van der Waals surface area contributed by atoms with Crippen molar-refractivity contribution in [2.24, 2.45) is 0 Å². The minimum Gasteiger partial charge on any atom is -0.268 e. The zero-order chi connectivity index (χ0) is 25.2. The first-order chi connectivity index (χ1) is 18.2. The lowest BCUT2D eigenvalue weighted by molar-refractivity contribution is 0.0925. The third-order valence-electron chi connectivity index (χ3n) is 6.81. The first-order valence-electron chi connectivity index (χ1n) is 12.2. The number of imide groups is 1. The zero-order valence-electron chi connectivity index (χ0n) is 20.1. The molecular formula is C32H24N2O2P+. The Kier molecular flexibility index (Phi) is 5.96. The molecule has 2 amide bonds. The van der Waals surface area contributed by atoms with Gasteiger partial charge in [-0.05, 0) is 60.7 Å². The minimum absolute atomic E-state index is 0.333. The summed E-state index contributed by atoms with van der Waals surface area (Å²) in [5.41, 5.74) is 1.66. The molecule has 6 rings (SSSR count). The summed E-state index contributed by atoms with van der Waals surface area (Å²) in [6.07, 6.45) is 0.655. The number of nitrogens with zero attached hydrogens (tertiary/aromatic N) is 2. The smallest absolute Gasteiger partial charge is 0.267 e. The highest BCUT2D eigenvalue weighted by atomic mass is 31.2. The van der Waals surface area contributed by atoms with E-state index < -0.39 is 7.26 Å². The van der Waals surface area contributed by atoms with Crippen molar-refractivity contribution in [2.75, 3.05) is 4.90 Å². The molecule has 0 fully saturated rings. The van der Waals surface area contributed by atoms with Gasteiger partial charge in [0, 0.05) is 0 Å². The van der Waals surface area contributed by atoms with Gasteiger partial charge < -0.3 is 0 Å². The first-order valence-corrected chi connectivity index (χ1v) is 14.1. The van der Waals surface area contributed by atoms with E-state index in [2.05, 4.69) is 72.8 Å². The maximum absolute atomic E-state index is 13.1. The van der Waals surface area contributed by atoms with Crippen LogP contribution in [0.5, 0.6) is 0 Å². The van der Waals surface area contributed by atoms with Crippen molar-refractivity contribution in [1.29, 1.82) is 0 Å². The lowest BCUT2D eigenvalue weighted by Crippen LogP contribution is -2.33. The van der Waals surface area contributed by atoms with Gasteiger partial charge in [0.1, 0.15) is 35.2 Å². The second-order valence-corrected chi connectivity index (χ2v) is 12.4. The fourth-order valence-corrected chi connectivity index (χ4v) is 9.24. The number of carbonyl (C=O) groups is 2. The molecule has 0 N–H and O–H groups in total. The Morgan fingerprint density at radius 3 is 1.41 bits per heavy atom. The molecule has 0 radical (unpaired) electrons. The summed E-state index contributed by atoms with van der Waals surface area (Å²) in [7, 11) is -2.17. The summed E-state index contributed by atoms with van der Waals surface area (Å²) in [6, 6.07) is 44.3. The van der Waals surface area contributed by atoms with Crippen molar-refractivity contribution in [3.8, 4) is 0 Å². The number of pyridine rings is 1. The second-order valence-electron chi connectivity index (χ2n) is 8.95. The normalized spacial score (nSPS) is 13.0. The van der Waals surface area contributed by atoms with Crippen LogP contribution in [0.2, 0.25) is 0 Å². The van der Waals surface area contributed by atoms with Crippen LogP contribution >= 0.6 is 7.26 Å². The molecule has 0 spiro atoms. The zero-order valence-corrected chi connectivity index (χ0v) is 21.0. The van der Waals surface area contributed by atoms with Gasteiger partial charge >= 0.3 is 0 Å². The number of fused-ring (bicyclic) bond motifs is 1. The summed E-state index contributed by atoms with van der Waals surface area (Å²) in [5, 5.41) is 3.75. The molecule has 0 bridgehead atoms. The van der Waals surface area contributed by atoms with E-state index in [0.717, 1.165) is 5.69 Å². The maximum atomic E-state index is 13.1. The van der Waals surface area contributed by atoms with Crippen LogP contribution in [0.3, 0.4) is 0 Å². The molecule has 0 saturated carbocycles. The van der Waals surface area contributed by atoms with Gasteiger partial charge in [-0.3, -0.25) is 9.59 Å². The van der Waals surface area contributed by atoms with E-state index in [0.29, 0.717) is 23.1 Å². The Morgan fingerprint density at radius 2 is 0.946 bits per heavy atom. The van der Waals surface area contributed by atoms with Crippen molar-refractivity contribution >= 4 is 40.8 Å². The highest BCUT2D eigenvalue weighted by Crippen LogP contribution is 2.58. The lowest BCUT2D eigenvalue weighted by atomic mass is 10.1. The van der Waals surface area contributed by atoms with Crippen molar-refractivity contribution in [2.45, 2.75) is 6.16 Å². The van der Waals surface area contributed by atoms with Crippen LogP contribution in [0.1, 0.15) is 26.4 Å². The van der Waals surface area contributed by atoms with Crippen molar-refractivity contribution < 1.29 is 9.59 Å². The minimum atomic E-state index is -2.17. The largest absolute Gasteiger partial charge is 0.268 e. The predicted molar refractivity (Wildman–Crippen MR) is 151 cm³/mol. The van der Waals surface area contributed by atoms with E-state index in [1.807, 2.05) is 30.3 Å². The molecule has 5 heteroatoms. The summed E-state index contributed by atoms with van der Waals surface area (Å²) in [6.45, 7) is 0. The predicted octanol–water partition coefficient (Wildman–Crippen LogP) is 5.38. The molecule has 37 heavy (non-hydrogen) atoms. The highest BCUT2D eigenvalue weighted by Gasteiger charge is 2.46. The number of hydrogen-bond donors (Lipinski definition) is 0. The van der Waals surface area contributed by atoms with Gasteiger partial charge in [-0.1, -0.05) is 72.8 Å². The fraction of sp³-hybridized carbons (Fsp3) is 0.0312. The van der Waals surface area contributed by atoms with E-state index in [4.69, 9.17) is 4.98 Å². The van der Waals surface area contributed by atoms with E-state index >= 15 is 0 Å². The van der Waals surface area contributed by atoms with Crippen molar-refractivity contribution in [3.63, 3.8) is 0 Å². The van der Waals surface area contributed by atoms with Crippen molar-refractivity contribution in [3.05, 3.63) is 150 Å². The number of aromatic nitrogens is 1. The van der Waals surface area contributed by atoms with E-state index in [1.54, 1.807) is 30.3 Å². The van der Waals surface area contributed by atoms with Gasteiger partial charge in [0.25, 0.3) is 11.8 Å². The highest BCUT2D eigenvalue weighted by molar-refractivity contribution is 7.95. The molecule has 1 aromatic heterocycles. The van der Waals surface area contributed by atoms with Gasteiger partial charge in [-0.2, -0.15) is 0 Å². The molecule has 0 atom stereocenters. The average molecular weight is 500 g/mol. The molecule has 0 unspecified atom stereocenters. The molecule has 4 nitrogen and oxygen atoms in total. The maximum Gasteiger partial charge on any atom is 0.267 e. The Morgan fingerprint density at radius 1 is 0.514 bits per heavy atom. The lowest BCUT2D eigenvalue weighted by Gasteiger charge is -2.27. The molecule has 4 aromatic carbocycles. The molecule has 1 aliphatic rings. The Hall–Kier alpha value is -4.40. The monoisotopic (exact) mass is 499 g/mol. The van der Waals surface area contributed by atoms with Crippen LogP contribution in [0.15, 0.2) is 133 Å². The molecule has 5 aromatic rings. The molecular weight excluding hydrogens is 475 g/mol. The van der Waals surface area contributed by atoms with Crippen LogP contribution in [-0.4, -0.2) is 16.8 Å². The van der Waals surface area contributed by atoms with E-state index in [1.165, 1.54) is 20.8 Å². The second kappa shape index (κ2) is 9.57. The summed E-state index contributed by atoms with van der Waals surface area (Å²) in [4.78, 5) is 32.4. The SMILES string of the molecule is O=C1c2ccccc2C(=O)N1c1cccc(C[P+](c2ccccc2)(c2ccccc2)c2ccccc2)n1. The number of amides is 2. The van der Waals surface area contributed by atoms with Gasteiger partial charge in [-0.15, -0.1) is 0 Å². The third kappa shape index (κ3) is 3.96. The third-order valence-corrected chi connectivity index (χ3v) is 11.1. The Balaban J connectivity index is 1.49. The summed E-state index contributed by atoms with van der Waals surface area (Å²) < 4.78 is 0. The molecule has 0 saturated heterocycles.